The molecule has 0 saturated heterocycles. The Kier molecular flexibility index (Phi) is 4.75. The summed E-state index contributed by atoms with van der Waals surface area (Å²) in [5.74, 6) is -1.13. The van der Waals surface area contributed by atoms with Gasteiger partial charge in [0.2, 0.25) is 0 Å². The van der Waals surface area contributed by atoms with E-state index in [-0.39, 0.29) is 11.3 Å². The number of halogens is 4. The van der Waals surface area contributed by atoms with E-state index in [1.54, 1.807) is 24.3 Å². The normalized spacial score (nSPS) is 11.2. The molecule has 3 rings (SSSR count). The van der Waals surface area contributed by atoms with Gasteiger partial charge in [0.1, 0.15) is 5.82 Å². The molecule has 0 atom stereocenters. The number of alkyl halides is 3. The minimum atomic E-state index is -4.43. The van der Waals surface area contributed by atoms with Crippen molar-refractivity contribution in [1.29, 1.82) is 0 Å². The van der Waals surface area contributed by atoms with Gasteiger partial charge in [-0.05, 0) is 41.5 Å². The standard InChI is InChI=1S/C20H13F4NO/c21-17-7-3-4-8-18(17)25-19(26)16-6-2-1-5-15(16)13-9-11-14(12-10-13)20(22,23)24/h1-12H,(H,25,26). The number of anilines is 1. The molecule has 1 N–H and O–H groups in total. The largest absolute Gasteiger partial charge is 0.416 e. The number of benzene rings is 3. The molecule has 0 aliphatic carbocycles. The van der Waals surface area contributed by atoms with Crippen LogP contribution in [-0.4, -0.2) is 5.91 Å². The third-order valence-corrected chi connectivity index (χ3v) is 3.82. The van der Waals surface area contributed by atoms with Gasteiger partial charge in [-0.15, -0.1) is 0 Å². The van der Waals surface area contributed by atoms with Gasteiger partial charge in [-0.3, -0.25) is 4.79 Å². The van der Waals surface area contributed by atoms with Crippen LogP contribution >= 0.6 is 0 Å². The minimum absolute atomic E-state index is 0.0275. The van der Waals surface area contributed by atoms with Crippen molar-refractivity contribution in [1.82, 2.24) is 0 Å². The minimum Gasteiger partial charge on any atom is -0.319 e. The molecular formula is C20H13F4NO. The first-order chi connectivity index (χ1) is 12.4. The third-order valence-electron chi connectivity index (χ3n) is 3.82. The fourth-order valence-corrected chi connectivity index (χ4v) is 2.52. The average Bonchev–Trinajstić information content (AvgIpc) is 2.63. The number of rotatable bonds is 3. The Balaban J connectivity index is 1.93. The first-order valence-electron chi connectivity index (χ1n) is 7.69. The van der Waals surface area contributed by atoms with E-state index in [1.807, 2.05) is 0 Å². The van der Waals surface area contributed by atoms with Crippen LogP contribution in [0.2, 0.25) is 0 Å². The first-order valence-corrected chi connectivity index (χ1v) is 7.69. The number of amides is 1. The van der Waals surface area contributed by atoms with Crippen LogP contribution in [0.1, 0.15) is 15.9 Å². The Morgan fingerprint density at radius 2 is 1.42 bits per heavy atom. The molecular weight excluding hydrogens is 346 g/mol. The van der Waals surface area contributed by atoms with E-state index in [0.29, 0.717) is 11.1 Å². The third kappa shape index (κ3) is 3.74. The number of carbonyl (C=O) groups excluding carboxylic acids is 1. The highest BCUT2D eigenvalue weighted by Gasteiger charge is 2.30. The molecule has 132 valence electrons. The summed E-state index contributed by atoms with van der Waals surface area (Å²) < 4.78 is 51.9. The second-order valence-corrected chi connectivity index (χ2v) is 5.55. The van der Waals surface area contributed by atoms with Crippen LogP contribution in [0.5, 0.6) is 0 Å². The van der Waals surface area contributed by atoms with Gasteiger partial charge >= 0.3 is 6.18 Å². The maximum absolute atomic E-state index is 13.7. The van der Waals surface area contributed by atoms with Gasteiger partial charge in [0, 0.05) is 5.56 Å². The summed E-state index contributed by atoms with van der Waals surface area (Å²) in [6.07, 6.45) is -4.43. The van der Waals surface area contributed by atoms with Crippen LogP contribution < -0.4 is 5.32 Å². The van der Waals surface area contributed by atoms with Gasteiger partial charge in [-0.1, -0.05) is 42.5 Å². The van der Waals surface area contributed by atoms with Gasteiger partial charge in [0.05, 0.1) is 11.3 Å². The summed E-state index contributed by atoms with van der Waals surface area (Å²) in [5, 5.41) is 2.48. The summed E-state index contributed by atoms with van der Waals surface area (Å²) in [5.41, 5.74) is 0.400. The van der Waals surface area contributed by atoms with E-state index >= 15 is 0 Å². The Morgan fingerprint density at radius 1 is 0.808 bits per heavy atom. The van der Waals surface area contributed by atoms with Gasteiger partial charge < -0.3 is 5.32 Å². The first kappa shape index (κ1) is 17.7. The topological polar surface area (TPSA) is 29.1 Å². The SMILES string of the molecule is O=C(Nc1ccccc1F)c1ccccc1-c1ccc(C(F)(F)F)cc1. The van der Waals surface area contributed by atoms with Gasteiger partial charge in [0.25, 0.3) is 5.91 Å². The van der Waals surface area contributed by atoms with Crippen molar-refractivity contribution in [3.63, 3.8) is 0 Å². The molecule has 0 saturated carbocycles. The molecule has 0 heterocycles. The lowest BCUT2D eigenvalue weighted by Crippen LogP contribution is -2.14. The smallest absolute Gasteiger partial charge is 0.319 e. The van der Waals surface area contributed by atoms with Crippen molar-refractivity contribution in [3.8, 4) is 11.1 Å². The monoisotopic (exact) mass is 359 g/mol. The fourth-order valence-electron chi connectivity index (χ4n) is 2.52. The molecule has 0 unspecified atom stereocenters. The van der Waals surface area contributed by atoms with E-state index < -0.39 is 23.5 Å². The fraction of sp³-hybridized carbons (Fsp3) is 0.0500. The molecule has 3 aromatic rings. The maximum atomic E-state index is 13.7. The highest BCUT2D eigenvalue weighted by atomic mass is 19.4. The van der Waals surface area contributed by atoms with Crippen molar-refractivity contribution in [2.45, 2.75) is 6.18 Å². The van der Waals surface area contributed by atoms with Crippen molar-refractivity contribution in [2.24, 2.45) is 0 Å². The number of nitrogens with one attached hydrogen (secondary N) is 1. The maximum Gasteiger partial charge on any atom is 0.416 e. The van der Waals surface area contributed by atoms with Crippen LogP contribution in [0.15, 0.2) is 72.8 Å². The van der Waals surface area contributed by atoms with Gasteiger partial charge in [-0.25, -0.2) is 4.39 Å². The zero-order valence-corrected chi connectivity index (χ0v) is 13.3. The van der Waals surface area contributed by atoms with Crippen LogP contribution in [0, 0.1) is 5.82 Å². The zero-order valence-electron chi connectivity index (χ0n) is 13.3. The summed E-state index contributed by atoms with van der Waals surface area (Å²) in [7, 11) is 0. The van der Waals surface area contributed by atoms with Crippen molar-refractivity contribution in [2.75, 3.05) is 5.32 Å². The lowest BCUT2D eigenvalue weighted by molar-refractivity contribution is -0.137. The molecule has 1 amide bonds. The lowest BCUT2D eigenvalue weighted by Gasteiger charge is -2.12. The van der Waals surface area contributed by atoms with Crippen LogP contribution in [0.25, 0.3) is 11.1 Å². The van der Waals surface area contributed by atoms with E-state index in [2.05, 4.69) is 5.32 Å². The molecule has 0 aliphatic rings. The number of carbonyl (C=O) groups is 1. The summed E-state index contributed by atoms with van der Waals surface area (Å²) in [4.78, 5) is 12.5. The van der Waals surface area contributed by atoms with E-state index in [9.17, 15) is 22.4 Å². The second kappa shape index (κ2) is 7.00. The van der Waals surface area contributed by atoms with Crippen LogP contribution in [-0.2, 0) is 6.18 Å². The van der Waals surface area contributed by atoms with Crippen LogP contribution in [0.3, 0.4) is 0 Å². The second-order valence-electron chi connectivity index (χ2n) is 5.55. The summed E-state index contributed by atoms with van der Waals surface area (Å²) in [6.45, 7) is 0. The molecule has 0 radical (unpaired) electrons. The molecule has 0 fully saturated rings. The highest BCUT2D eigenvalue weighted by Crippen LogP contribution is 2.32. The van der Waals surface area contributed by atoms with Crippen LogP contribution in [0.4, 0.5) is 23.2 Å². The van der Waals surface area contributed by atoms with Gasteiger partial charge in [-0.2, -0.15) is 13.2 Å². The molecule has 0 aliphatic heterocycles. The van der Waals surface area contributed by atoms with E-state index in [0.717, 1.165) is 12.1 Å². The van der Waals surface area contributed by atoms with Crippen molar-refractivity contribution >= 4 is 11.6 Å². The molecule has 0 aromatic heterocycles. The van der Waals surface area contributed by atoms with Gasteiger partial charge in [0.15, 0.2) is 0 Å². The number of hydrogen-bond acceptors (Lipinski definition) is 1. The number of hydrogen-bond donors (Lipinski definition) is 1. The summed E-state index contributed by atoms with van der Waals surface area (Å²) in [6, 6.07) is 16.7. The quantitative estimate of drug-likeness (QED) is 0.592. The van der Waals surface area contributed by atoms with Crippen molar-refractivity contribution < 1.29 is 22.4 Å². The molecule has 6 heteroatoms. The molecule has 2 nitrogen and oxygen atoms in total. The molecule has 26 heavy (non-hydrogen) atoms. The Hall–Kier alpha value is -3.15. The highest BCUT2D eigenvalue weighted by molar-refractivity contribution is 6.08. The molecule has 0 spiro atoms. The molecule has 0 bridgehead atoms. The van der Waals surface area contributed by atoms with Crippen molar-refractivity contribution in [3.05, 3.63) is 89.7 Å². The number of para-hydroxylation sites is 1. The van der Waals surface area contributed by atoms with E-state index in [4.69, 9.17) is 0 Å². The van der Waals surface area contributed by atoms with E-state index in [1.165, 1.54) is 36.4 Å². The predicted molar refractivity (Wildman–Crippen MR) is 91.2 cm³/mol. The average molecular weight is 359 g/mol. The Morgan fingerprint density at radius 3 is 2.08 bits per heavy atom. The summed E-state index contributed by atoms with van der Waals surface area (Å²) >= 11 is 0. The predicted octanol–water partition coefficient (Wildman–Crippen LogP) is 5.76. The zero-order chi connectivity index (χ0) is 18.7. The Bertz CT molecular complexity index is 933. The Labute approximate surface area is 147 Å². The lowest BCUT2D eigenvalue weighted by atomic mass is 9.98. The molecule has 3 aromatic carbocycles.